The molecule has 0 amide bonds. The molecule has 0 aliphatic carbocycles. The molecule has 4 nitrogen and oxygen atoms in total. The Hall–Kier alpha value is -2.23. The first-order chi connectivity index (χ1) is 9.49. The third kappa shape index (κ3) is 1.80. The van der Waals surface area contributed by atoms with Crippen LogP contribution in [0.5, 0.6) is 0 Å². The molecule has 0 saturated heterocycles. The minimum Gasteiger partial charge on any atom is -0.466 e. The Labute approximate surface area is 118 Å². The van der Waals surface area contributed by atoms with E-state index in [4.69, 9.17) is 10.2 Å². The molecule has 4 heteroatoms. The van der Waals surface area contributed by atoms with E-state index in [-0.39, 0.29) is 6.04 Å². The first-order valence-electron chi connectivity index (χ1n) is 6.79. The Balaban J connectivity index is 2.24. The van der Waals surface area contributed by atoms with E-state index in [1.165, 1.54) is 5.56 Å². The van der Waals surface area contributed by atoms with Crippen LogP contribution in [-0.4, -0.2) is 9.55 Å². The highest BCUT2D eigenvalue weighted by molar-refractivity contribution is 5.82. The number of benzene rings is 1. The topological polar surface area (TPSA) is 57.0 Å². The molecule has 0 saturated carbocycles. The molecule has 0 radical (unpaired) electrons. The Kier molecular flexibility index (Phi) is 2.82. The van der Waals surface area contributed by atoms with Crippen LogP contribution in [0.15, 0.2) is 28.7 Å². The Morgan fingerprint density at radius 1 is 1.25 bits per heavy atom. The number of furan rings is 1. The molecule has 0 fully saturated rings. The van der Waals surface area contributed by atoms with Crippen LogP contribution in [-0.2, 0) is 0 Å². The van der Waals surface area contributed by atoms with Gasteiger partial charge in [-0.3, -0.25) is 0 Å². The number of aryl methyl sites for hydroxylation is 3. The zero-order chi connectivity index (χ0) is 14.4. The molecule has 0 bridgehead atoms. The lowest BCUT2D eigenvalue weighted by molar-refractivity contribution is 0.495. The van der Waals surface area contributed by atoms with Gasteiger partial charge in [-0.15, -0.1) is 0 Å². The lowest BCUT2D eigenvalue weighted by Gasteiger charge is -2.16. The van der Waals surface area contributed by atoms with Gasteiger partial charge >= 0.3 is 0 Å². The van der Waals surface area contributed by atoms with Gasteiger partial charge in [0, 0.05) is 5.56 Å². The summed E-state index contributed by atoms with van der Waals surface area (Å²) in [5.41, 5.74) is 10.5. The van der Waals surface area contributed by atoms with E-state index in [0.717, 1.165) is 28.1 Å². The summed E-state index contributed by atoms with van der Waals surface area (Å²) >= 11 is 0. The molecule has 3 rings (SSSR count). The Morgan fingerprint density at radius 3 is 2.65 bits per heavy atom. The molecule has 1 atom stereocenters. The average molecular weight is 269 g/mol. The predicted octanol–water partition coefficient (Wildman–Crippen LogP) is 3.75. The molecular formula is C16H19N3O. The van der Waals surface area contributed by atoms with Crippen molar-refractivity contribution in [2.24, 2.45) is 0 Å². The highest BCUT2D eigenvalue weighted by Gasteiger charge is 2.20. The van der Waals surface area contributed by atoms with Crippen LogP contribution in [0.3, 0.4) is 0 Å². The number of imidazole rings is 1. The van der Waals surface area contributed by atoms with Crippen LogP contribution < -0.4 is 5.73 Å². The highest BCUT2D eigenvalue weighted by atomic mass is 16.3. The van der Waals surface area contributed by atoms with Gasteiger partial charge in [0.2, 0.25) is 5.95 Å². The van der Waals surface area contributed by atoms with Crippen molar-refractivity contribution in [3.63, 3.8) is 0 Å². The number of nitrogen functional groups attached to an aromatic ring is 1. The highest BCUT2D eigenvalue weighted by Crippen LogP contribution is 2.31. The standard InChI is InChI=1S/C16H19N3O/c1-9-6-5-7-14-15(9)19(16(17)18-14)11(3)13-8-10(2)20-12(13)4/h5-8,11H,1-4H3,(H2,17,18). The molecule has 2 aromatic heterocycles. The minimum absolute atomic E-state index is 0.0959. The van der Waals surface area contributed by atoms with Crippen LogP contribution >= 0.6 is 0 Å². The summed E-state index contributed by atoms with van der Waals surface area (Å²) in [4.78, 5) is 4.47. The van der Waals surface area contributed by atoms with Crippen molar-refractivity contribution in [3.05, 3.63) is 46.9 Å². The van der Waals surface area contributed by atoms with Gasteiger partial charge in [-0.05, 0) is 45.4 Å². The van der Waals surface area contributed by atoms with Gasteiger partial charge in [-0.2, -0.15) is 0 Å². The molecule has 20 heavy (non-hydrogen) atoms. The summed E-state index contributed by atoms with van der Waals surface area (Å²) in [7, 11) is 0. The molecular weight excluding hydrogens is 250 g/mol. The van der Waals surface area contributed by atoms with Gasteiger partial charge in [0.1, 0.15) is 11.5 Å². The van der Waals surface area contributed by atoms with Gasteiger partial charge in [0.15, 0.2) is 0 Å². The summed E-state index contributed by atoms with van der Waals surface area (Å²) in [5, 5.41) is 0. The van der Waals surface area contributed by atoms with Crippen molar-refractivity contribution >= 4 is 17.0 Å². The lowest BCUT2D eigenvalue weighted by atomic mass is 10.1. The second-order valence-corrected chi connectivity index (χ2v) is 5.33. The summed E-state index contributed by atoms with van der Waals surface area (Å²) in [6, 6.07) is 8.25. The first kappa shape index (κ1) is 12.8. The fourth-order valence-corrected chi connectivity index (χ4v) is 2.94. The van der Waals surface area contributed by atoms with E-state index in [0.29, 0.717) is 5.95 Å². The van der Waals surface area contributed by atoms with Crippen LogP contribution in [0, 0.1) is 20.8 Å². The number of hydrogen-bond donors (Lipinski definition) is 1. The second kappa shape index (κ2) is 4.40. The van der Waals surface area contributed by atoms with Crippen molar-refractivity contribution in [1.29, 1.82) is 0 Å². The van der Waals surface area contributed by atoms with E-state index >= 15 is 0 Å². The quantitative estimate of drug-likeness (QED) is 0.771. The number of fused-ring (bicyclic) bond motifs is 1. The van der Waals surface area contributed by atoms with Gasteiger partial charge < -0.3 is 14.7 Å². The number of rotatable bonds is 2. The Morgan fingerprint density at radius 2 is 2.00 bits per heavy atom. The maximum atomic E-state index is 6.14. The number of hydrogen-bond acceptors (Lipinski definition) is 3. The summed E-state index contributed by atoms with van der Waals surface area (Å²) in [5.74, 6) is 2.40. The van der Waals surface area contributed by atoms with Crippen molar-refractivity contribution in [2.75, 3.05) is 5.73 Å². The molecule has 0 aliphatic heterocycles. The zero-order valence-corrected chi connectivity index (χ0v) is 12.3. The fourth-order valence-electron chi connectivity index (χ4n) is 2.94. The Bertz CT molecular complexity index is 782. The van der Waals surface area contributed by atoms with Crippen molar-refractivity contribution < 1.29 is 4.42 Å². The second-order valence-electron chi connectivity index (χ2n) is 5.33. The first-order valence-corrected chi connectivity index (χ1v) is 6.79. The molecule has 1 unspecified atom stereocenters. The summed E-state index contributed by atoms with van der Waals surface area (Å²) in [6.07, 6.45) is 0. The molecule has 0 spiro atoms. The summed E-state index contributed by atoms with van der Waals surface area (Å²) in [6.45, 7) is 8.16. The number of aromatic nitrogens is 2. The molecule has 104 valence electrons. The van der Waals surface area contributed by atoms with E-state index in [1.807, 2.05) is 26.0 Å². The fraction of sp³-hybridized carbons (Fsp3) is 0.312. The van der Waals surface area contributed by atoms with Crippen molar-refractivity contribution in [1.82, 2.24) is 9.55 Å². The van der Waals surface area contributed by atoms with Gasteiger partial charge in [0.25, 0.3) is 0 Å². The third-order valence-corrected chi connectivity index (χ3v) is 3.86. The monoisotopic (exact) mass is 269 g/mol. The predicted molar refractivity (Wildman–Crippen MR) is 80.9 cm³/mol. The molecule has 0 aliphatic rings. The number of nitrogens with zero attached hydrogens (tertiary/aromatic N) is 2. The van der Waals surface area contributed by atoms with E-state index < -0.39 is 0 Å². The van der Waals surface area contributed by atoms with Crippen LogP contribution in [0.4, 0.5) is 5.95 Å². The van der Waals surface area contributed by atoms with Gasteiger partial charge in [-0.1, -0.05) is 12.1 Å². The average Bonchev–Trinajstić information content (AvgIpc) is 2.89. The van der Waals surface area contributed by atoms with Crippen LogP contribution in [0.2, 0.25) is 0 Å². The maximum absolute atomic E-state index is 6.14. The smallest absolute Gasteiger partial charge is 0.201 e. The minimum atomic E-state index is 0.0959. The maximum Gasteiger partial charge on any atom is 0.201 e. The summed E-state index contributed by atoms with van der Waals surface area (Å²) < 4.78 is 7.73. The SMILES string of the molecule is Cc1cc(C(C)n2c(N)nc3cccc(C)c32)c(C)o1. The van der Waals surface area contributed by atoms with Gasteiger partial charge in [0.05, 0.1) is 17.1 Å². The molecule has 1 aromatic carbocycles. The number of nitrogens with two attached hydrogens (primary N) is 1. The van der Waals surface area contributed by atoms with Gasteiger partial charge in [-0.25, -0.2) is 4.98 Å². The van der Waals surface area contributed by atoms with E-state index in [1.54, 1.807) is 0 Å². The normalized spacial score (nSPS) is 13.0. The van der Waals surface area contributed by atoms with E-state index in [2.05, 4.69) is 35.5 Å². The molecule has 2 heterocycles. The van der Waals surface area contributed by atoms with Crippen molar-refractivity contribution in [2.45, 2.75) is 33.7 Å². The number of anilines is 1. The van der Waals surface area contributed by atoms with E-state index in [9.17, 15) is 0 Å². The van der Waals surface area contributed by atoms with Crippen molar-refractivity contribution in [3.8, 4) is 0 Å². The third-order valence-electron chi connectivity index (χ3n) is 3.86. The number of para-hydroxylation sites is 1. The molecule has 3 aromatic rings. The zero-order valence-electron chi connectivity index (χ0n) is 12.3. The lowest BCUT2D eigenvalue weighted by Crippen LogP contribution is -2.11. The van der Waals surface area contributed by atoms with Crippen LogP contribution in [0.25, 0.3) is 11.0 Å². The van der Waals surface area contributed by atoms with Crippen LogP contribution in [0.1, 0.15) is 35.6 Å². The largest absolute Gasteiger partial charge is 0.466 e. The molecule has 2 N–H and O–H groups in total.